The predicted octanol–water partition coefficient (Wildman–Crippen LogP) is 5.23. The third-order valence-corrected chi connectivity index (χ3v) is 4.65. The Morgan fingerprint density at radius 2 is 1.45 bits per heavy atom. The van der Waals surface area contributed by atoms with Crippen molar-refractivity contribution in [2.45, 2.75) is 18.7 Å². The highest BCUT2D eigenvalue weighted by Gasteiger charge is 2.35. The lowest BCUT2D eigenvalue weighted by Crippen LogP contribution is -2.23. The highest BCUT2D eigenvalue weighted by Crippen LogP contribution is 2.44. The number of pyridine rings is 1. The Bertz CT molecular complexity index is 727. The smallest absolute Gasteiger partial charge is 0.120 e. The molecule has 1 heterocycles. The van der Waals surface area contributed by atoms with E-state index in [1.165, 1.54) is 11.1 Å². The van der Waals surface area contributed by atoms with Crippen molar-refractivity contribution in [3.05, 3.63) is 101 Å². The van der Waals surface area contributed by atoms with E-state index in [9.17, 15) is 0 Å². The van der Waals surface area contributed by atoms with Crippen LogP contribution in [0.25, 0.3) is 0 Å². The van der Waals surface area contributed by atoms with Gasteiger partial charge in [-0.05, 0) is 48.2 Å². The van der Waals surface area contributed by atoms with E-state index in [2.05, 4.69) is 49.2 Å². The van der Waals surface area contributed by atoms with Crippen LogP contribution in [0, 0.1) is 13.8 Å². The minimum absolute atomic E-state index is 0.708. The maximum absolute atomic E-state index is 7.26. The number of benzene rings is 2. The van der Waals surface area contributed by atoms with Gasteiger partial charge in [0.05, 0.1) is 0 Å². The van der Waals surface area contributed by atoms with E-state index >= 15 is 0 Å². The second kappa shape index (κ2) is 5.94. The molecule has 0 N–H and O–H groups in total. The largest absolute Gasteiger partial charge is 0.265 e. The van der Waals surface area contributed by atoms with Crippen LogP contribution in [0.1, 0.15) is 27.8 Å². The Kier molecular flexibility index (Phi) is 4.00. The monoisotopic (exact) mass is 307 g/mol. The molecule has 0 aliphatic heterocycles. The van der Waals surface area contributed by atoms with Crippen LogP contribution < -0.4 is 0 Å². The van der Waals surface area contributed by atoms with Crippen LogP contribution in [0.4, 0.5) is 0 Å². The molecule has 0 radical (unpaired) electrons. The fourth-order valence-corrected chi connectivity index (χ4v) is 3.29. The number of alkyl halides is 1. The maximum atomic E-state index is 7.26. The molecule has 22 heavy (non-hydrogen) atoms. The molecular weight excluding hydrogens is 290 g/mol. The number of hydrogen-bond acceptors (Lipinski definition) is 1. The molecule has 3 aromatic rings. The average molecular weight is 308 g/mol. The van der Waals surface area contributed by atoms with Crippen molar-refractivity contribution in [3.8, 4) is 0 Å². The third-order valence-electron chi connectivity index (χ3n) is 4.01. The summed E-state index contributed by atoms with van der Waals surface area (Å²) >= 11 is 7.26. The van der Waals surface area contributed by atoms with Crippen LogP contribution in [-0.4, -0.2) is 4.98 Å². The minimum Gasteiger partial charge on any atom is -0.265 e. The summed E-state index contributed by atoms with van der Waals surface area (Å²) < 4.78 is 0. The number of halogens is 1. The third kappa shape index (κ3) is 2.53. The number of hydrogen-bond donors (Lipinski definition) is 0. The van der Waals surface area contributed by atoms with Crippen molar-refractivity contribution >= 4 is 11.6 Å². The predicted molar refractivity (Wildman–Crippen MR) is 92.3 cm³/mol. The molecule has 0 aliphatic rings. The highest BCUT2D eigenvalue weighted by molar-refractivity contribution is 6.28. The lowest BCUT2D eigenvalue weighted by molar-refractivity contribution is 0.863. The lowest BCUT2D eigenvalue weighted by Gasteiger charge is -2.30. The van der Waals surface area contributed by atoms with Gasteiger partial charge in [-0.2, -0.15) is 0 Å². The summed E-state index contributed by atoms with van der Waals surface area (Å²) in [6.45, 7) is 4.20. The SMILES string of the molecule is Cc1ccc(C)c(C(Cl)(c2ccccc2)c2ccncc2)c1. The first kappa shape index (κ1) is 14.8. The number of nitrogens with zero attached hydrogens (tertiary/aromatic N) is 1. The Morgan fingerprint density at radius 1 is 0.818 bits per heavy atom. The van der Waals surface area contributed by atoms with Gasteiger partial charge in [0.2, 0.25) is 0 Å². The summed E-state index contributed by atoms with van der Waals surface area (Å²) in [5.74, 6) is 0. The standard InChI is InChI=1S/C20H18ClN/c1-15-8-9-16(2)19(14-15)20(21,17-6-4-3-5-7-17)18-10-12-22-13-11-18/h3-14H,1-2H3. The van der Waals surface area contributed by atoms with E-state index in [0.29, 0.717) is 0 Å². The first-order chi connectivity index (χ1) is 10.6. The molecule has 2 aromatic carbocycles. The van der Waals surface area contributed by atoms with Crippen LogP contribution in [0.2, 0.25) is 0 Å². The van der Waals surface area contributed by atoms with Gasteiger partial charge in [-0.15, -0.1) is 11.6 Å². The van der Waals surface area contributed by atoms with Gasteiger partial charge in [0.25, 0.3) is 0 Å². The fraction of sp³-hybridized carbons (Fsp3) is 0.150. The summed E-state index contributed by atoms with van der Waals surface area (Å²) in [5, 5.41) is 0. The van der Waals surface area contributed by atoms with Crippen LogP contribution >= 0.6 is 11.6 Å². The first-order valence-electron chi connectivity index (χ1n) is 7.35. The van der Waals surface area contributed by atoms with Crippen LogP contribution in [-0.2, 0) is 4.87 Å². The molecule has 0 amide bonds. The van der Waals surface area contributed by atoms with E-state index in [1.54, 1.807) is 12.4 Å². The molecule has 0 bridgehead atoms. The molecule has 3 rings (SSSR count). The van der Waals surface area contributed by atoms with Gasteiger partial charge in [0.15, 0.2) is 0 Å². The zero-order chi connectivity index (χ0) is 15.6. The normalized spacial score (nSPS) is 13.6. The van der Waals surface area contributed by atoms with Crippen molar-refractivity contribution in [3.63, 3.8) is 0 Å². The molecule has 0 saturated heterocycles. The highest BCUT2D eigenvalue weighted by atomic mass is 35.5. The molecular formula is C20H18ClN. The van der Waals surface area contributed by atoms with E-state index in [4.69, 9.17) is 11.6 Å². The minimum atomic E-state index is -0.708. The molecule has 1 nitrogen and oxygen atoms in total. The summed E-state index contributed by atoms with van der Waals surface area (Å²) in [4.78, 5) is 3.42. The first-order valence-corrected chi connectivity index (χ1v) is 7.73. The number of rotatable bonds is 3. The van der Waals surface area contributed by atoms with Crippen LogP contribution in [0.15, 0.2) is 73.1 Å². The molecule has 0 saturated carbocycles. The molecule has 0 spiro atoms. The van der Waals surface area contributed by atoms with E-state index in [0.717, 1.165) is 16.7 Å². The molecule has 2 heteroatoms. The quantitative estimate of drug-likeness (QED) is 0.604. The Labute approximate surface area is 136 Å². The molecule has 0 aliphatic carbocycles. The maximum Gasteiger partial charge on any atom is 0.120 e. The van der Waals surface area contributed by atoms with Gasteiger partial charge in [0, 0.05) is 12.4 Å². The fourth-order valence-electron chi connectivity index (χ4n) is 2.83. The van der Waals surface area contributed by atoms with Gasteiger partial charge >= 0.3 is 0 Å². The van der Waals surface area contributed by atoms with Gasteiger partial charge in [0.1, 0.15) is 4.87 Å². The number of aromatic nitrogens is 1. The Morgan fingerprint density at radius 3 is 2.14 bits per heavy atom. The van der Waals surface area contributed by atoms with Crippen molar-refractivity contribution < 1.29 is 0 Å². The number of aryl methyl sites for hydroxylation is 2. The van der Waals surface area contributed by atoms with E-state index in [1.807, 2.05) is 30.3 Å². The molecule has 1 atom stereocenters. The van der Waals surface area contributed by atoms with Gasteiger partial charge in [-0.25, -0.2) is 0 Å². The summed E-state index contributed by atoms with van der Waals surface area (Å²) in [5.41, 5.74) is 5.60. The summed E-state index contributed by atoms with van der Waals surface area (Å²) in [7, 11) is 0. The lowest BCUT2D eigenvalue weighted by atomic mass is 9.82. The molecule has 110 valence electrons. The van der Waals surface area contributed by atoms with Crippen LogP contribution in [0.3, 0.4) is 0 Å². The molecule has 1 unspecified atom stereocenters. The van der Waals surface area contributed by atoms with E-state index in [-0.39, 0.29) is 0 Å². The topological polar surface area (TPSA) is 12.9 Å². The van der Waals surface area contributed by atoms with Crippen molar-refractivity contribution in [2.24, 2.45) is 0 Å². The van der Waals surface area contributed by atoms with Crippen molar-refractivity contribution in [1.82, 2.24) is 4.98 Å². The molecule has 0 fully saturated rings. The second-order valence-electron chi connectivity index (χ2n) is 5.58. The average Bonchev–Trinajstić information content (AvgIpc) is 2.58. The Balaban J connectivity index is 2.31. The van der Waals surface area contributed by atoms with Gasteiger partial charge in [-0.3, -0.25) is 4.98 Å². The van der Waals surface area contributed by atoms with Gasteiger partial charge < -0.3 is 0 Å². The van der Waals surface area contributed by atoms with Crippen molar-refractivity contribution in [2.75, 3.05) is 0 Å². The zero-order valence-electron chi connectivity index (χ0n) is 12.8. The Hall–Kier alpha value is -2.12. The van der Waals surface area contributed by atoms with Gasteiger partial charge in [-0.1, -0.05) is 54.1 Å². The summed E-state index contributed by atoms with van der Waals surface area (Å²) in [6, 6.07) is 20.6. The second-order valence-corrected chi connectivity index (χ2v) is 6.15. The van der Waals surface area contributed by atoms with E-state index < -0.39 is 4.87 Å². The van der Waals surface area contributed by atoms with Crippen molar-refractivity contribution in [1.29, 1.82) is 0 Å². The summed E-state index contributed by atoms with van der Waals surface area (Å²) in [6.07, 6.45) is 3.58. The van der Waals surface area contributed by atoms with Crippen LogP contribution in [0.5, 0.6) is 0 Å². The molecule has 1 aromatic heterocycles. The zero-order valence-corrected chi connectivity index (χ0v) is 13.5.